The summed E-state index contributed by atoms with van der Waals surface area (Å²) in [4.78, 5) is 24.5. The van der Waals surface area contributed by atoms with Crippen molar-refractivity contribution in [2.75, 3.05) is 13.1 Å². The molecule has 0 saturated carbocycles. The smallest absolute Gasteiger partial charge is 0.239 e. The number of rotatable bonds is 5. The second-order valence-corrected chi connectivity index (χ2v) is 4.53. The van der Waals surface area contributed by atoms with Crippen LogP contribution in [0, 0.1) is 0 Å². The van der Waals surface area contributed by atoms with E-state index in [4.69, 9.17) is 0 Å². The van der Waals surface area contributed by atoms with Gasteiger partial charge in [-0.15, -0.1) is 0 Å². The van der Waals surface area contributed by atoms with Crippen LogP contribution in [0.4, 0.5) is 0 Å². The van der Waals surface area contributed by atoms with Crippen molar-refractivity contribution in [2.45, 2.75) is 39.0 Å². The van der Waals surface area contributed by atoms with Crippen LogP contribution < -0.4 is 5.32 Å². The minimum Gasteiger partial charge on any atom is -0.352 e. The number of likely N-dealkylation sites (N-methyl/N-ethyl adjacent to an activating group) is 1. The number of hydrogen-bond acceptors (Lipinski definition) is 3. The summed E-state index contributed by atoms with van der Waals surface area (Å²) in [6, 6.07) is 0.0970. The van der Waals surface area contributed by atoms with Crippen LogP contribution in [0.5, 0.6) is 0 Å². The molecule has 15 heavy (non-hydrogen) atoms. The van der Waals surface area contributed by atoms with E-state index in [0.717, 1.165) is 0 Å². The molecule has 1 atom stereocenters. The lowest BCUT2D eigenvalue weighted by Gasteiger charge is -2.22. The highest BCUT2D eigenvalue weighted by atomic mass is 32.1. The van der Waals surface area contributed by atoms with Crippen molar-refractivity contribution >= 4 is 24.4 Å². The van der Waals surface area contributed by atoms with E-state index in [1.165, 1.54) is 4.90 Å². The molecule has 2 amide bonds. The predicted octanol–water partition coefficient (Wildman–Crippen LogP) is 0.678. The van der Waals surface area contributed by atoms with Gasteiger partial charge in [-0.2, -0.15) is 12.6 Å². The third kappa shape index (κ3) is 5.67. The first-order chi connectivity index (χ1) is 6.88. The zero-order chi connectivity index (χ0) is 12.0. The molecule has 0 radical (unpaired) electrons. The van der Waals surface area contributed by atoms with Gasteiger partial charge in [0.15, 0.2) is 0 Å². The molecule has 0 aromatic rings. The molecular weight excluding hydrogens is 212 g/mol. The van der Waals surface area contributed by atoms with E-state index in [1.807, 2.05) is 20.8 Å². The highest BCUT2D eigenvalue weighted by Crippen LogP contribution is 2.00. The van der Waals surface area contributed by atoms with Crippen LogP contribution in [0.25, 0.3) is 0 Å². The summed E-state index contributed by atoms with van der Waals surface area (Å²) in [7, 11) is 0. The molecule has 88 valence electrons. The van der Waals surface area contributed by atoms with E-state index >= 15 is 0 Å². The fraction of sp³-hybridized carbons (Fsp3) is 0.800. The molecule has 4 nitrogen and oxygen atoms in total. The second kappa shape index (κ2) is 6.71. The fourth-order valence-corrected chi connectivity index (χ4v) is 1.31. The summed E-state index contributed by atoms with van der Waals surface area (Å²) in [5.41, 5.74) is 0. The van der Waals surface area contributed by atoms with Gasteiger partial charge in [0.05, 0.1) is 11.8 Å². The molecule has 0 aliphatic rings. The summed E-state index contributed by atoms with van der Waals surface area (Å²) in [5.74, 6) is -0.242. The Morgan fingerprint density at radius 2 is 1.87 bits per heavy atom. The highest BCUT2D eigenvalue weighted by Gasteiger charge is 2.18. The Bertz CT molecular complexity index is 229. The van der Waals surface area contributed by atoms with Crippen LogP contribution in [-0.4, -0.2) is 41.1 Å². The van der Waals surface area contributed by atoms with Crippen molar-refractivity contribution in [1.29, 1.82) is 0 Å². The lowest BCUT2D eigenvalue weighted by Crippen LogP contribution is -2.44. The normalized spacial score (nSPS) is 12.4. The summed E-state index contributed by atoms with van der Waals surface area (Å²) in [6.45, 7) is 7.95. The van der Waals surface area contributed by atoms with Gasteiger partial charge in [0.2, 0.25) is 11.8 Å². The van der Waals surface area contributed by atoms with Gasteiger partial charge in [0.25, 0.3) is 0 Å². The van der Waals surface area contributed by atoms with Gasteiger partial charge in [-0.1, -0.05) is 0 Å². The average Bonchev–Trinajstić information content (AvgIpc) is 2.11. The number of nitrogens with zero attached hydrogens (tertiary/aromatic N) is 1. The zero-order valence-electron chi connectivity index (χ0n) is 9.78. The first kappa shape index (κ1) is 14.3. The first-order valence-electron chi connectivity index (χ1n) is 5.14. The second-order valence-electron chi connectivity index (χ2n) is 3.75. The predicted molar refractivity (Wildman–Crippen MR) is 64.0 cm³/mol. The first-order valence-corrected chi connectivity index (χ1v) is 5.66. The van der Waals surface area contributed by atoms with Crippen molar-refractivity contribution in [1.82, 2.24) is 10.2 Å². The molecule has 0 aromatic carbocycles. The SMILES string of the molecule is CCN(CC(=O)NC(C)C)C(=O)C(C)S. The van der Waals surface area contributed by atoms with Gasteiger partial charge in [-0.05, 0) is 27.7 Å². The van der Waals surface area contributed by atoms with Crippen molar-refractivity contribution in [2.24, 2.45) is 0 Å². The molecule has 0 aromatic heterocycles. The maximum Gasteiger partial charge on any atom is 0.239 e. The van der Waals surface area contributed by atoms with Gasteiger partial charge in [-0.25, -0.2) is 0 Å². The minimum atomic E-state index is -0.364. The maximum atomic E-state index is 11.6. The lowest BCUT2D eigenvalue weighted by atomic mass is 10.3. The van der Waals surface area contributed by atoms with E-state index in [0.29, 0.717) is 6.54 Å². The van der Waals surface area contributed by atoms with Crippen LogP contribution >= 0.6 is 12.6 Å². The Hall–Kier alpha value is -0.710. The Balaban J connectivity index is 4.21. The van der Waals surface area contributed by atoms with Crippen LogP contribution in [0.15, 0.2) is 0 Å². The van der Waals surface area contributed by atoms with Crippen LogP contribution in [0.2, 0.25) is 0 Å². The largest absolute Gasteiger partial charge is 0.352 e. The Morgan fingerprint density at radius 3 is 2.20 bits per heavy atom. The lowest BCUT2D eigenvalue weighted by molar-refractivity contribution is -0.135. The number of thiol groups is 1. The summed E-state index contributed by atoms with van der Waals surface area (Å²) in [6.07, 6.45) is 0. The highest BCUT2D eigenvalue weighted by molar-refractivity contribution is 7.81. The molecule has 0 saturated heterocycles. The Labute approximate surface area is 96.8 Å². The van der Waals surface area contributed by atoms with Crippen molar-refractivity contribution in [3.63, 3.8) is 0 Å². The molecule has 0 rings (SSSR count). The number of carbonyl (C=O) groups excluding carboxylic acids is 2. The minimum absolute atomic E-state index is 0.0970. The molecule has 0 bridgehead atoms. The van der Waals surface area contributed by atoms with Crippen LogP contribution in [-0.2, 0) is 9.59 Å². The molecule has 0 fully saturated rings. The monoisotopic (exact) mass is 232 g/mol. The molecule has 1 unspecified atom stereocenters. The third-order valence-electron chi connectivity index (χ3n) is 1.83. The van der Waals surface area contributed by atoms with E-state index in [-0.39, 0.29) is 29.7 Å². The average molecular weight is 232 g/mol. The molecule has 0 aliphatic carbocycles. The summed E-state index contributed by atoms with van der Waals surface area (Å²) >= 11 is 4.06. The van der Waals surface area contributed by atoms with Crippen LogP contribution in [0.1, 0.15) is 27.7 Å². The van der Waals surface area contributed by atoms with E-state index in [1.54, 1.807) is 6.92 Å². The number of carbonyl (C=O) groups is 2. The molecule has 1 N–H and O–H groups in total. The topological polar surface area (TPSA) is 49.4 Å². The van der Waals surface area contributed by atoms with Crippen molar-refractivity contribution < 1.29 is 9.59 Å². The van der Waals surface area contributed by atoms with E-state index in [2.05, 4.69) is 17.9 Å². The number of hydrogen-bond donors (Lipinski definition) is 2. The molecular formula is C10H20N2O2S. The maximum absolute atomic E-state index is 11.6. The number of nitrogens with one attached hydrogen (secondary N) is 1. The fourth-order valence-electron chi connectivity index (χ4n) is 1.15. The standard InChI is InChI=1S/C10H20N2O2S/c1-5-12(10(14)8(4)15)6-9(13)11-7(2)3/h7-8,15H,5-6H2,1-4H3,(H,11,13). The van der Waals surface area contributed by atoms with Gasteiger partial charge >= 0.3 is 0 Å². The van der Waals surface area contributed by atoms with Crippen LogP contribution in [0.3, 0.4) is 0 Å². The summed E-state index contributed by atoms with van der Waals surface area (Å²) in [5, 5.41) is 2.38. The number of amides is 2. The summed E-state index contributed by atoms with van der Waals surface area (Å²) < 4.78 is 0. The van der Waals surface area contributed by atoms with Crippen molar-refractivity contribution in [3.05, 3.63) is 0 Å². The molecule has 0 heterocycles. The van der Waals surface area contributed by atoms with Gasteiger partial charge < -0.3 is 10.2 Å². The molecule has 0 aliphatic heterocycles. The van der Waals surface area contributed by atoms with Crippen molar-refractivity contribution in [3.8, 4) is 0 Å². The van der Waals surface area contributed by atoms with E-state index in [9.17, 15) is 9.59 Å². The Morgan fingerprint density at radius 1 is 1.33 bits per heavy atom. The van der Waals surface area contributed by atoms with Gasteiger partial charge in [-0.3, -0.25) is 9.59 Å². The third-order valence-corrected chi connectivity index (χ3v) is 2.06. The van der Waals surface area contributed by atoms with Gasteiger partial charge in [0.1, 0.15) is 0 Å². The quantitative estimate of drug-likeness (QED) is 0.685. The molecule has 0 spiro atoms. The Kier molecular flexibility index (Phi) is 6.40. The van der Waals surface area contributed by atoms with Gasteiger partial charge in [0, 0.05) is 12.6 Å². The zero-order valence-corrected chi connectivity index (χ0v) is 10.7. The van der Waals surface area contributed by atoms with E-state index < -0.39 is 0 Å². The molecule has 5 heteroatoms.